The molecule has 116 valence electrons. The van der Waals surface area contributed by atoms with Crippen LogP contribution < -0.4 is 5.73 Å². The molecule has 0 radical (unpaired) electrons. The van der Waals surface area contributed by atoms with E-state index in [0.717, 1.165) is 6.54 Å². The summed E-state index contributed by atoms with van der Waals surface area (Å²) in [5, 5.41) is 0. The SMILES string of the molecule is CCCCCCCC/C=C\CCCCCCCCN.[CsH]. The van der Waals surface area contributed by atoms with Gasteiger partial charge in [-0.25, -0.2) is 0 Å². The number of hydrogen-bond donors (Lipinski definition) is 1. The second kappa shape index (κ2) is 23.0. The predicted molar refractivity (Wildman–Crippen MR) is 95.7 cm³/mol. The average molecular weight is 401 g/mol. The topological polar surface area (TPSA) is 26.0 Å². The van der Waals surface area contributed by atoms with Crippen molar-refractivity contribution >= 4 is 68.9 Å². The first-order chi connectivity index (χ1) is 9.41. The third-order valence-corrected chi connectivity index (χ3v) is 3.72. The molecule has 0 bridgehead atoms. The minimum atomic E-state index is 0. The van der Waals surface area contributed by atoms with Gasteiger partial charge in [0.1, 0.15) is 0 Å². The molecule has 0 unspecified atom stereocenters. The van der Waals surface area contributed by atoms with E-state index in [1.165, 1.54) is 89.9 Å². The van der Waals surface area contributed by atoms with E-state index in [1.54, 1.807) is 0 Å². The first-order valence-corrected chi connectivity index (χ1v) is 8.77. The van der Waals surface area contributed by atoms with E-state index < -0.39 is 0 Å². The molecular weight excluding hydrogens is 363 g/mol. The normalized spacial score (nSPS) is 10.9. The van der Waals surface area contributed by atoms with Crippen molar-refractivity contribution in [3.05, 3.63) is 12.2 Å². The van der Waals surface area contributed by atoms with Crippen LogP contribution in [0.25, 0.3) is 0 Å². The molecule has 0 aliphatic heterocycles. The fourth-order valence-corrected chi connectivity index (χ4v) is 2.39. The van der Waals surface area contributed by atoms with Gasteiger partial charge in [-0.3, -0.25) is 0 Å². The summed E-state index contributed by atoms with van der Waals surface area (Å²) in [7, 11) is 0. The quantitative estimate of drug-likeness (QED) is 0.291. The molecule has 20 heavy (non-hydrogen) atoms. The van der Waals surface area contributed by atoms with Crippen LogP contribution in [0.15, 0.2) is 12.2 Å². The minimum absolute atomic E-state index is 0. The van der Waals surface area contributed by atoms with Gasteiger partial charge >= 0.3 is 68.9 Å². The van der Waals surface area contributed by atoms with Crippen LogP contribution in [-0.4, -0.2) is 75.4 Å². The molecule has 0 aromatic heterocycles. The Bertz CT molecular complexity index is 180. The van der Waals surface area contributed by atoms with Gasteiger partial charge in [-0.15, -0.1) is 0 Å². The van der Waals surface area contributed by atoms with E-state index in [0.29, 0.717) is 0 Å². The van der Waals surface area contributed by atoms with Gasteiger partial charge in [0.2, 0.25) is 0 Å². The monoisotopic (exact) mass is 401 g/mol. The molecule has 0 saturated carbocycles. The Hall–Kier alpha value is 1.75. The Balaban J connectivity index is 0. The Morgan fingerprint density at radius 1 is 0.600 bits per heavy atom. The predicted octanol–water partition coefficient (Wildman–Crippen LogP) is 5.33. The van der Waals surface area contributed by atoms with E-state index in [4.69, 9.17) is 5.73 Å². The summed E-state index contributed by atoms with van der Waals surface area (Å²) in [5.74, 6) is 0. The molecule has 0 atom stereocenters. The standard InChI is InChI=1S/C18H37N.Cs.H/c1-2-3-4-5-6-7-8-9-10-11-12-13-14-15-16-17-18-19;;/h9-10H,2-8,11-19H2,1H3;;/b10-9-;;. The van der Waals surface area contributed by atoms with Gasteiger partial charge in [0.25, 0.3) is 0 Å². The number of hydrogen-bond acceptors (Lipinski definition) is 1. The molecule has 0 spiro atoms. The van der Waals surface area contributed by atoms with Crippen LogP contribution in [-0.2, 0) is 0 Å². The summed E-state index contributed by atoms with van der Waals surface area (Å²) >= 11 is 0. The summed E-state index contributed by atoms with van der Waals surface area (Å²) in [4.78, 5) is 0. The van der Waals surface area contributed by atoms with Crippen LogP contribution in [0.3, 0.4) is 0 Å². The van der Waals surface area contributed by atoms with Crippen LogP contribution in [0.5, 0.6) is 0 Å². The van der Waals surface area contributed by atoms with Gasteiger partial charge in [0, 0.05) is 0 Å². The fraction of sp³-hybridized carbons (Fsp3) is 0.889. The van der Waals surface area contributed by atoms with E-state index in [2.05, 4.69) is 19.1 Å². The maximum absolute atomic E-state index is 5.47. The number of unbranched alkanes of at least 4 members (excludes halogenated alkanes) is 12. The molecular formula is C18H38CsN. The van der Waals surface area contributed by atoms with Crippen molar-refractivity contribution in [1.29, 1.82) is 0 Å². The van der Waals surface area contributed by atoms with Gasteiger partial charge < -0.3 is 5.73 Å². The Morgan fingerprint density at radius 2 is 1.00 bits per heavy atom. The number of rotatable bonds is 15. The van der Waals surface area contributed by atoms with Crippen LogP contribution in [0, 0.1) is 0 Å². The molecule has 0 aromatic rings. The van der Waals surface area contributed by atoms with Crippen molar-refractivity contribution in [3.8, 4) is 0 Å². The van der Waals surface area contributed by atoms with E-state index in [1.807, 2.05) is 0 Å². The van der Waals surface area contributed by atoms with Gasteiger partial charge in [-0.05, 0) is 38.6 Å². The maximum atomic E-state index is 5.47. The molecule has 0 aromatic carbocycles. The first kappa shape index (κ1) is 24.0. The summed E-state index contributed by atoms with van der Waals surface area (Å²) in [5.41, 5.74) is 5.47. The number of nitrogens with two attached hydrogens (primary N) is 1. The summed E-state index contributed by atoms with van der Waals surface area (Å²) in [6, 6.07) is 0. The second-order valence-corrected chi connectivity index (χ2v) is 5.73. The van der Waals surface area contributed by atoms with Gasteiger partial charge in [0.05, 0.1) is 0 Å². The Kier molecular flexibility index (Phi) is 27.6. The molecule has 0 saturated heterocycles. The summed E-state index contributed by atoms with van der Waals surface area (Å²) < 4.78 is 0. The summed E-state index contributed by atoms with van der Waals surface area (Å²) in [6.45, 7) is 3.14. The van der Waals surface area contributed by atoms with Gasteiger partial charge in [0.15, 0.2) is 0 Å². The van der Waals surface area contributed by atoms with Crippen molar-refractivity contribution in [2.24, 2.45) is 5.73 Å². The zero-order valence-electron chi connectivity index (χ0n) is 13.3. The molecule has 0 rings (SSSR count). The van der Waals surface area contributed by atoms with Crippen molar-refractivity contribution in [3.63, 3.8) is 0 Å². The van der Waals surface area contributed by atoms with Crippen molar-refractivity contribution < 1.29 is 0 Å². The van der Waals surface area contributed by atoms with E-state index in [9.17, 15) is 0 Å². The van der Waals surface area contributed by atoms with E-state index >= 15 is 0 Å². The van der Waals surface area contributed by atoms with Gasteiger partial charge in [-0.1, -0.05) is 76.9 Å². The Labute approximate surface area is 187 Å². The molecule has 1 nitrogen and oxygen atoms in total. The van der Waals surface area contributed by atoms with Crippen LogP contribution >= 0.6 is 0 Å². The number of allylic oxidation sites excluding steroid dienone is 2. The zero-order chi connectivity index (χ0) is 14.0. The zero-order valence-corrected chi connectivity index (χ0v) is 13.3. The van der Waals surface area contributed by atoms with Crippen LogP contribution in [0.2, 0.25) is 0 Å². The average Bonchev–Trinajstić information content (AvgIpc) is 2.43. The third-order valence-electron chi connectivity index (χ3n) is 3.72. The van der Waals surface area contributed by atoms with E-state index in [-0.39, 0.29) is 68.9 Å². The molecule has 2 N–H and O–H groups in total. The van der Waals surface area contributed by atoms with Crippen molar-refractivity contribution in [1.82, 2.24) is 0 Å². The molecule has 0 heterocycles. The third kappa shape index (κ3) is 22.0. The van der Waals surface area contributed by atoms with Crippen molar-refractivity contribution in [2.75, 3.05) is 6.54 Å². The molecule has 2 heteroatoms. The first-order valence-electron chi connectivity index (χ1n) is 8.77. The molecule has 0 fully saturated rings. The molecule has 0 amide bonds. The molecule has 0 aliphatic rings. The van der Waals surface area contributed by atoms with Gasteiger partial charge in [-0.2, -0.15) is 0 Å². The fourth-order valence-electron chi connectivity index (χ4n) is 2.39. The Morgan fingerprint density at radius 3 is 1.45 bits per heavy atom. The van der Waals surface area contributed by atoms with Crippen LogP contribution in [0.4, 0.5) is 0 Å². The molecule has 0 aliphatic carbocycles. The van der Waals surface area contributed by atoms with Crippen molar-refractivity contribution in [2.45, 2.75) is 96.8 Å². The second-order valence-electron chi connectivity index (χ2n) is 5.73. The van der Waals surface area contributed by atoms with Crippen LogP contribution in [0.1, 0.15) is 96.8 Å². The summed E-state index contributed by atoms with van der Waals surface area (Å²) in [6.07, 6.45) is 23.9.